The predicted molar refractivity (Wildman–Crippen MR) is 77.2 cm³/mol. The molecule has 112 valence electrons. The Kier molecular flexibility index (Phi) is 3.96. The van der Waals surface area contributed by atoms with Crippen LogP contribution >= 0.6 is 0 Å². The second-order valence-corrected chi connectivity index (χ2v) is 5.18. The van der Waals surface area contributed by atoms with Gasteiger partial charge >= 0.3 is 5.69 Å². The van der Waals surface area contributed by atoms with Crippen LogP contribution in [-0.4, -0.2) is 46.3 Å². The predicted octanol–water partition coefficient (Wildman–Crippen LogP) is 2.03. The van der Waals surface area contributed by atoms with Gasteiger partial charge < -0.3 is 10.2 Å². The molecule has 1 saturated heterocycles. The summed E-state index contributed by atoms with van der Waals surface area (Å²) in [5.41, 5.74) is 1.22. The second kappa shape index (κ2) is 6.04. The first-order chi connectivity index (χ1) is 10.3. The van der Waals surface area contributed by atoms with Crippen LogP contribution in [0.2, 0.25) is 0 Å². The van der Waals surface area contributed by atoms with Gasteiger partial charge in [0.2, 0.25) is 5.52 Å². The van der Waals surface area contributed by atoms with Crippen molar-refractivity contribution in [3.63, 3.8) is 0 Å². The Morgan fingerprint density at radius 2 is 2.05 bits per heavy atom. The average Bonchev–Trinajstić information content (AvgIpc) is 3.14. The SMILES string of the molecule is O=[N+]([O-])c1ccc(NCCCN2CCCC2)c2nonc12. The maximum absolute atomic E-state index is 10.9. The van der Waals surface area contributed by atoms with Crippen LogP contribution in [0.1, 0.15) is 19.3 Å². The Balaban J connectivity index is 1.63. The molecule has 0 bridgehead atoms. The summed E-state index contributed by atoms with van der Waals surface area (Å²) >= 11 is 0. The van der Waals surface area contributed by atoms with Gasteiger partial charge in [0.15, 0.2) is 5.52 Å². The van der Waals surface area contributed by atoms with E-state index in [4.69, 9.17) is 0 Å². The Bertz CT molecular complexity index is 636. The number of likely N-dealkylation sites (tertiary alicyclic amines) is 1. The number of hydrogen-bond donors (Lipinski definition) is 1. The van der Waals surface area contributed by atoms with Gasteiger partial charge in [-0.2, -0.15) is 0 Å². The minimum absolute atomic E-state index is 0.0890. The molecule has 1 aromatic heterocycles. The summed E-state index contributed by atoms with van der Waals surface area (Å²) in [6.07, 6.45) is 3.60. The summed E-state index contributed by atoms with van der Waals surface area (Å²) in [5.74, 6) is 0. The highest BCUT2D eigenvalue weighted by atomic mass is 16.6. The Hall–Kier alpha value is -2.22. The number of nitro benzene ring substituents is 1. The fourth-order valence-corrected chi connectivity index (χ4v) is 2.68. The third kappa shape index (κ3) is 2.94. The molecule has 1 N–H and O–H groups in total. The van der Waals surface area contributed by atoms with E-state index < -0.39 is 4.92 Å². The van der Waals surface area contributed by atoms with E-state index in [1.54, 1.807) is 6.07 Å². The minimum atomic E-state index is -0.482. The minimum Gasteiger partial charge on any atom is -0.383 e. The lowest BCUT2D eigenvalue weighted by molar-refractivity contribution is -0.383. The monoisotopic (exact) mass is 291 g/mol. The number of anilines is 1. The van der Waals surface area contributed by atoms with Gasteiger partial charge in [-0.05, 0) is 55.3 Å². The number of rotatable bonds is 6. The van der Waals surface area contributed by atoms with Crippen molar-refractivity contribution in [2.45, 2.75) is 19.3 Å². The summed E-state index contributed by atoms with van der Waals surface area (Å²) < 4.78 is 4.63. The van der Waals surface area contributed by atoms with E-state index in [1.165, 1.54) is 32.0 Å². The fourth-order valence-electron chi connectivity index (χ4n) is 2.68. The highest BCUT2D eigenvalue weighted by Gasteiger charge is 2.19. The van der Waals surface area contributed by atoms with Gasteiger partial charge in [-0.15, -0.1) is 0 Å². The van der Waals surface area contributed by atoms with Crippen molar-refractivity contribution in [3.05, 3.63) is 22.2 Å². The quantitative estimate of drug-likeness (QED) is 0.494. The first-order valence-corrected chi connectivity index (χ1v) is 7.11. The molecule has 0 radical (unpaired) electrons. The van der Waals surface area contributed by atoms with E-state index in [9.17, 15) is 10.1 Å². The third-order valence-electron chi connectivity index (χ3n) is 3.76. The molecule has 2 heterocycles. The largest absolute Gasteiger partial charge is 0.383 e. The number of non-ortho nitro benzene ring substituents is 1. The fraction of sp³-hybridized carbons (Fsp3) is 0.538. The lowest BCUT2D eigenvalue weighted by atomic mass is 10.2. The number of nitrogens with zero attached hydrogens (tertiary/aromatic N) is 4. The lowest BCUT2D eigenvalue weighted by Crippen LogP contribution is -2.22. The van der Waals surface area contributed by atoms with Crippen molar-refractivity contribution in [2.24, 2.45) is 0 Å². The van der Waals surface area contributed by atoms with Crippen LogP contribution in [0.4, 0.5) is 11.4 Å². The van der Waals surface area contributed by atoms with Crippen molar-refractivity contribution in [3.8, 4) is 0 Å². The van der Waals surface area contributed by atoms with Gasteiger partial charge in [-0.25, -0.2) is 4.63 Å². The van der Waals surface area contributed by atoms with Crippen molar-refractivity contribution in [1.29, 1.82) is 0 Å². The van der Waals surface area contributed by atoms with Crippen LogP contribution < -0.4 is 5.32 Å². The molecule has 0 amide bonds. The molecule has 3 rings (SSSR count). The van der Waals surface area contributed by atoms with Crippen LogP contribution in [0, 0.1) is 10.1 Å². The number of nitro groups is 1. The molecule has 1 aliphatic heterocycles. The second-order valence-electron chi connectivity index (χ2n) is 5.18. The molecule has 0 unspecified atom stereocenters. The highest BCUT2D eigenvalue weighted by Crippen LogP contribution is 2.28. The van der Waals surface area contributed by atoms with Gasteiger partial charge in [-0.3, -0.25) is 10.1 Å². The molecule has 1 aromatic carbocycles. The molecule has 0 aliphatic carbocycles. The number of hydrogen-bond acceptors (Lipinski definition) is 7. The van der Waals surface area contributed by atoms with Crippen LogP contribution in [0.5, 0.6) is 0 Å². The molecular formula is C13H17N5O3. The first-order valence-electron chi connectivity index (χ1n) is 7.11. The maximum atomic E-state index is 10.9. The van der Waals surface area contributed by atoms with E-state index in [-0.39, 0.29) is 11.2 Å². The van der Waals surface area contributed by atoms with Crippen molar-refractivity contribution >= 4 is 22.4 Å². The summed E-state index contributed by atoms with van der Waals surface area (Å²) in [6, 6.07) is 3.08. The van der Waals surface area contributed by atoms with Crippen LogP contribution in [0.15, 0.2) is 16.8 Å². The third-order valence-corrected chi connectivity index (χ3v) is 3.76. The Morgan fingerprint density at radius 1 is 1.29 bits per heavy atom. The van der Waals surface area contributed by atoms with Gasteiger partial charge in [0.05, 0.1) is 10.6 Å². The van der Waals surface area contributed by atoms with Gasteiger partial charge in [0.1, 0.15) is 0 Å². The van der Waals surface area contributed by atoms with Crippen molar-refractivity contribution < 1.29 is 9.55 Å². The van der Waals surface area contributed by atoms with E-state index in [0.717, 1.165) is 25.2 Å². The molecule has 8 heteroatoms. The number of nitrogens with one attached hydrogen (secondary N) is 1. The zero-order valence-electron chi connectivity index (χ0n) is 11.6. The van der Waals surface area contributed by atoms with E-state index in [2.05, 4.69) is 25.2 Å². The van der Waals surface area contributed by atoms with Gasteiger partial charge in [0, 0.05) is 12.6 Å². The molecule has 1 fully saturated rings. The lowest BCUT2D eigenvalue weighted by Gasteiger charge is -2.14. The molecule has 0 atom stereocenters. The topological polar surface area (TPSA) is 97.3 Å². The van der Waals surface area contributed by atoms with Crippen molar-refractivity contribution in [2.75, 3.05) is 31.5 Å². The van der Waals surface area contributed by atoms with Crippen LogP contribution in [-0.2, 0) is 0 Å². The zero-order chi connectivity index (χ0) is 14.7. The Morgan fingerprint density at radius 3 is 2.81 bits per heavy atom. The standard InChI is InChI=1S/C13H17N5O3/c19-18(20)11-5-4-10(12-13(11)16-21-15-12)14-6-3-9-17-7-1-2-8-17/h4-5,14H,1-3,6-9H2. The van der Waals surface area contributed by atoms with E-state index in [0.29, 0.717) is 5.52 Å². The summed E-state index contributed by atoms with van der Waals surface area (Å²) in [5, 5.41) is 21.5. The Labute approximate surface area is 121 Å². The molecule has 2 aromatic rings. The number of aromatic nitrogens is 2. The summed E-state index contributed by atoms with van der Waals surface area (Å²) in [6.45, 7) is 4.24. The smallest absolute Gasteiger partial charge is 0.300 e. The van der Waals surface area contributed by atoms with Gasteiger partial charge in [0.25, 0.3) is 0 Å². The van der Waals surface area contributed by atoms with E-state index in [1.807, 2.05) is 0 Å². The van der Waals surface area contributed by atoms with E-state index >= 15 is 0 Å². The molecule has 1 aliphatic rings. The van der Waals surface area contributed by atoms with Crippen molar-refractivity contribution in [1.82, 2.24) is 15.2 Å². The number of fused-ring (bicyclic) bond motifs is 1. The number of benzene rings is 1. The van der Waals surface area contributed by atoms with Crippen LogP contribution in [0.3, 0.4) is 0 Å². The molecule has 0 saturated carbocycles. The highest BCUT2D eigenvalue weighted by molar-refractivity contribution is 5.93. The molecule has 21 heavy (non-hydrogen) atoms. The zero-order valence-corrected chi connectivity index (χ0v) is 11.6. The normalized spacial score (nSPS) is 15.6. The average molecular weight is 291 g/mol. The molecule has 8 nitrogen and oxygen atoms in total. The molecule has 0 spiro atoms. The first kappa shape index (κ1) is 13.7. The van der Waals surface area contributed by atoms with Gasteiger partial charge in [-0.1, -0.05) is 0 Å². The molecular weight excluding hydrogens is 274 g/mol. The van der Waals surface area contributed by atoms with Crippen LogP contribution in [0.25, 0.3) is 11.0 Å². The maximum Gasteiger partial charge on any atom is 0.300 e. The summed E-state index contributed by atoms with van der Waals surface area (Å²) in [7, 11) is 0. The summed E-state index contributed by atoms with van der Waals surface area (Å²) in [4.78, 5) is 12.9.